The van der Waals surface area contributed by atoms with Crippen LogP contribution in [0.4, 0.5) is 0 Å². The second kappa shape index (κ2) is 8.42. The number of methoxy groups -OCH3 is 1. The zero-order chi connectivity index (χ0) is 15.8. The summed E-state index contributed by atoms with van der Waals surface area (Å²) in [6.45, 7) is 4.92. The Morgan fingerprint density at radius 1 is 1.24 bits per heavy atom. The fourth-order valence-electron chi connectivity index (χ4n) is 2.09. The van der Waals surface area contributed by atoms with Gasteiger partial charge in [-0.15, -0.1) is 0 Å². The first-order valence-electron chi connectivity index (χ1n) is 7.13. The number of benzene rings is 1. The van der Waals surface area contributed by atoms with E-state index >= 15 is 0 Å². The van der Waals surface area contributed by atoms with Gasteiger partial charge in [-0.05, 0) is 30.0 Å². The van der Waals surface area contributed by atoms with E-state index in [0.29, 0.717) is 24.6 Å². The summed E-state index contributed by atoms with van der Waals surface area (Å²) in [5, 5.41) is 2.88. The number of rotatable bonds is 7. The number of hydrogen-bond acceptors (Lipinski definition) is 4. The van der Waals surface area contributed by atoms with Gasteiger partial charge in [-0.25, -0.2) is 4.79 Å². The molecule has 1 amide bonds. The third-order valence-electron chi connectivity index (χ3n) is 3.25. The van der Waals surface area contributed by atoms with Crippen molar-refractivity contribution in [3.63, 3.8) is 0 Å². The van der Waals surface area contributed by atoms with Crippen molar-refractivity contribution in [2.24, 2.45) is 17.6 Å². The third-order valence-corrected chi connectivity index (χ3v) is 3.25. The quantitative estimate of drug-likeness (QED) is 0.750. The van der Waals surface area contributed by atoms with E-state index in [1.807, 2.05) is 0 Å². The number of hydrogen-bond donors (Lipinski definition) is 2. The topological polar surface area (TPSA) is 81.4 Å². The first kappa shape index (κ1) is 17.2. The van der Waals surface area contributed by atoms with E-state index in [0.717, 1.165) is 12.0 Å². The number of esters is 1. The molecule has 0 saturated heterocycles. The number of nitrogens with two attached hydrogens (primary N) is 1. The highest BCUT2D eigenvalue weighted by Gasteiger charge is 2.17. The Hall–Kier alpha value is -1.88. The normalized spacial score (nSPS) is 12.0. The molecule has 0 spiro atoms. The van der Waals surface area contributed by atoms with Gasteiger partial charge in [0, 0.05) is 13.1 Å². The molecule has 1 atom stereocenters. The van der Waals surface area contributed by atoms with Gasteiger partial charge < -0.3 is 15.8 Å². The summed E-state index contributed by atoms with van der Waals surface area (Å²) in [5.41, 5.74) is 7.07. The van der Waals surface area contributed by atoms with E-state index in [2.05, 4.69) is 23.9 Å². The average molecular weight is 292 g/mol. The molecule has 0 fully saturated rings. The van der Waals surface area contributed by atoms with E-state index in [1.165, 1.54) is 7.11 Å². The largest absolute Gasteiger partial charge is 0.465 e. The van der Waals surface area contributed by atoms with E-state index in [4.69, 9.17) is 5.73 Å². The number of ether oxygens (including phenoxy) is 1. The molecule has 5 heteroatoms. The van der Waals surface area contributed by atoms with Crippen molar-refractivity contribution in [2.75, 3.05) is 13.7 Å². The van der Waals surface area contributed by atoms with Crippen LogP contribution in [0.3, 0.4) is 0 Å². The van der Waals surface area contributed by atoms with Gasteiger partial charge in [-0.3, -0.25) is 4.79 Å². The lowest BCUT2D eigenvalue weighted by Gasteiger charge is -2.16. The van der Waals surface area contributed by atoms with Gasteiger partial charge in [0.1, 0.15) is 0 Å². The summed E-state index contributed by atoms with van der Waals surface area (Å²) in [6.07, 6.45) is 0.781. The number of carbonyl (C=O) groups excluding carboxylic acids is 2. The molecular formula is C16H24N2O3. The molecular weight excluding hydrogens is 268 g/mol. The molecule has 0 heterocycles. The minimum atomic E-state index is -0.370. The van der Waals surface area contributed by atoms with Crippen molar-refractivity contribution < 1.29 is 14.3 Å². The third kappa shape index (κ3) is 5.55. The van der Waals surface area contributed by atoms with Crippen LogP contribution in [0.1, 0.15) is 36.2 Å². The number of carbonyl (C=O) groups is 2. The molecule has 1 rings (SSSR count). The van der Waals surface area contributed by atoms with Crippen molar-refractivity contribution in [2.45, 2.75) is 26.8 Å². The maximum atomic E-state index is 12.0. The van der Waals surface area contributed by atoms with Crippen molar-refractivity contribution >= 4 is 11.9 Å². The Morgan fingerprint density at radius 2 is 1.86 bits per heavy atom. The van der Waals surface area contributed by atoms with Gasteiger partial charge >= 0.3 is 5.97 Å². The SMILES string of the molecule is COC(=O)c1ccc(CNC(=O)C(CN)CC(C)C)cc1. The number of amides is 1. The Morgan fingerprint density at radius 3 is 2.33 bits per heavy atom. The van der Waals surface area contributed by atoms with E-state index in [1.54, 1.807) is 24.3 Å². The summed E-state index contributed by atoms with van der Waals surface area (Å²) >= 11 is 0. The second-order valence-corrected chi connectivity index (χ2v) is 5.47. The van der Waals surface area contributed by atoms with Crippen LogP contribution in [0.25, 0.3) is 0 Å². The summed E-state index contributed by atoms with van der Waals surface area (Å²) in [5.74, 6) is -0.114. The second-order valence-electron chi connectivity index (χ2n) is 5.47. The van der Waals surface area contributed by atoms with Crippen molar-refractivity contribution in [1.29, 1.82) is 0 Å². The first-order valence-corrected chi connectivity index (χ1v) is 7.13. The summed E-state index contributed by atoms with van der Waals surface area (Å²) in [7, 11) is 1.35. The molecule has 0 aromatic heterocycles. The fourth-order valence-corrected chi connectivity index (χ4v) is 2.09. The molecule has 0 aliphatic rings. The van der Waals surface area contributed by atoms with Crippen LogP contribution in [-0.2, 0) is 16.1 Å². The zero-order valence-electron chi connectivity index (χ0n) is 12.9. The lowest BCUT2D eigenvalue weighted by atomic mass is 9.96. The highest BCUT2D eigenvalue weighted by atomic mass is 16.5. The molecule has 3 N–H and O–H groups in total. The summed E-state index contributed by atoms with van der Waals surface area (Å²) in [4.78, 5) is 23.4. The van der Waals surface area contributed by atoms with Gasteiger partial charge in [-0.1, -0.05) is 26.0 Å². The molecule has 5 nitrogen and oxygen atoms in total. The Balaban J connectivity index is 2.54. The highest BCUT2D eigenvalue weighted by Crippen LogP contribution is 2.11. The standard InChI is InChI=1S/C16H24N2O3/c1-11(2)8-14(9-17)15(19)18-10-12-4-6-13(7-5-12)16(20)21-3/h4-7,11,14H,8-10,17H2,1-3H3,(H,18,19). The molecule has 116 valence electrons. The van der Waals surface area contributed by atoms with E-state index in [9.17, 15) is 9.59 Å². The maximum Gasteiger partial charge on any atom is 0.337 e. The van der Waals surface area contributed by atoms with E-state index < -0.39 is 0 Å². The Labute approximate surface area is 125 Å². The van der Waals surface area contributed by atoms with Gasteiger partial charge in [-0.2, -0.15) is 0 Å². The van der Waals surface area contributed by atoms with Gasteiger partial charge in [0.15, 0.2) is 0 Å². The molecule has 1 unspecified atom stereocenters. The summed E-state index contributed by atoms with van der Waals surface area (Å²) in [6, 6.07) is 6.96. The minimum absolute atomic E-state index is 0.0248. The highest BCUT2D eigenvalue weighted by molar-refractivity contribution is 5.89. The average Bonchev–Trinajstić information content (AvgIpc) is 2.49. The van der Waals surface area contributed by atoms with Crippen molar-refractivity contribution in [3.8, 4) is 0 Å². The lowest BCUT2D eigenvalue weighted by molar-refractivity contribution is -0.125. The van der Waals surface area contributed by atoms with Crippen LogP contribution in [0.15, 0.2) is 24.3 Å². The van der Waals surface area contributed by atoms with Gasteiger partial charge in [0.05, 0.1) is 18.6 Å². The van der Waals surface area contributed by atoms with Gasteiger partial charge in [0.25, 0.3) is 0 Å². The lowest BCUT2D eigenvalue weighted by Crippen LogP contribution is -2.35. The molecule has 0 aliphatic heterocycles. The molecule has 1 aromatic carbocycles. The van der Waals surface area contributed by atoms with Crippen LogP contribution in [0, 0.1) is 11.8 Å². The monoisotopic (exact) mass is 292 g/mol. The molecule has 1 aromatic rings. The van der Waals surface area contributed by atoms with Crippen LogP contribution in [0.2, 0.25) is 0 Å². The predicted octanol–water partition coefficient (Wildman–Crippen LogP) is 1.71. The van der Waals surface area contributed by atoms with Gasteiger partial charge in [0.2, 0.25) is 5.91 Å². The van der Waals surface area contributed by atoms with Crippen LogP contribution in [0.5, 0.6) is 0 Å². The van der Waals surface area contributed by atoms with Crippen LogP contribution in [-0.4, -0.2) is 25.5 Å². The number of nitrogens with one attached hydrogen (secondary N) is 1. The fraction of sp³-hybridized carbons (Fsp3) is 0.500. The summed E-state index contributed by atoms with van der Waals surface area (Å²) < 4.78 is 4.63. The molecule has 0 saturated carbocycles. The maximum absolute atomic E-state index is 12.0. The predicted molar refractivity (Wildman–Crippen MR) is 81.6 cm³/mol. The zero-order valence-corrected chi connectivity index (χ0v) is 12.9. The molecule has 21 heavy (non-hydrogen) atoms. The van der Waals surface area contributed by atoms with Crippen LogP contribution < -0.4 is 11.1 Å². The van der Waals surface area contributed by atoms with Crippen LogP contribution >= 0.6 is 0 Å². The Bertz CT molecular complexity index is 469. The minimum Gasteiger partial charge on any atom is -0.465 e. The molecule has 0 radical (unpaired) electrons. The van der Waals surface area contributed by atoms with E-state index in [-0.39, 0.29) is 17.8 Å². The smallest absolute Gasteiger partial charge is 0.337 e. The Kier molecular flexibility index (Phi) is 6.88. The van der Waals surface area contributed by atoms with Crippen molar-refractivity contribution in [3.05, 3.63) is 35.4 Å². The van der Waals surface area contributed by atoms with Crippen molar-refractivity contribution in [1.82, 2.24) is 5.32 Å². The molecule has 0 aliphatic carbocycles. The molecule has 0 bridgehead atoms. The first-order chi connectivity index (χ1) is 9.97.